The highest BCUT2D eigenvalue weighted by Crippen LogP contribution is 2.35. The molecule has 1 saturated heterocycles. The smallest absolute Gasteiger partial charge is 0.344 e. The quantitative estimate of drug-likeness (QED) is 0.593. The third-order valence-electron chi connectivity index (χ3n) is 5.46. The van der Waals surface area contributed by atoms with E-state index in [0.717, 1.165) is 24.8 Å². The highest BCUT2D eigenvalue weighted by molar-refractivity contribution is 6.08. The number of amides is 4. The monoisotopic (exact) mass is 387 g/mol. The van der Waals surface area contributed by atoms with Crippen molar-refractivity contribution >= 4 is 23.8 Å². The molecule has 28 heavy (non-hydrogen) atoms. The summed E-state index contributed by atoms with van der Waals surface area (Å²) in [5.74, 6) is -1.35. The van der Waals surface area contributed by atoms with E-state index in [9.17, 15) is 19.2 Å². The molecular formula is C20H25N3O5. The fraction of sp³-hybridized carbons (Fsp3) is 0.500. The van der Waals surface area contributed by atoms with Crippen molar-refractivity contribution < 1.29 is 23.9 Å². The molecule has 2 N–H and O–H groups in total. The Labute approximate surface area is 163 Å². The second kappa shape index (κ2) is 8.00. The number of imide groups is 1. The molecule has 1 aromatic carbocycles. The Hall–Kier alpha value is -2.90. The number of ether oxygens (including phenoxy) is 1. The SMILES string of the molecule is CCc1ccc(C(=O)OCC(=O)NN2C(=O)NC3(CCC(C)CC3)C2=O)cc1. The molecule has 1 aromatic rings. The molecule has 3 rings (SSSR count). The van der Waals surface area contributed by atoms with Gasteiger partial charge in [0.05, 0.1) is 5.56 Å². The van der Waals surface area contributed by atoms with E-state index in [2.05, 4.69) is 17.7 Å². The van der Waals surface area contributed by atoms with Gasteiger partial charge in [-0.3, -0.25) is 15.0 Å². The Balaban J connectivity index is 1.53. The van der Waals surface area contributed by atoms with Crippen molar-refractivity contribution in [3.8, 4) is 0 Å². The summed E-state index contributed by atoms with van der Waals surface area (Å²) in [4.78, 5) is 49.0. The Morgan fingerprint density at radius 2 is 1.86 bits per heavy atom. The zero-order chi connectivity index (χ0) is 20.3. The molecule has 150 valence electrons. The van der Waals surface area contributed by atoms with Crippen molar-refractivity contribution in [1.29, 1.82) is 0 Å². The molecule has 1 spiro atoms. The number of urea groups is 1. The third-order valence-corrected chi connectivity index (χ3v) is 5.46. The molecule has 1 aliphatic heterocycles. The Kier molecular flexibility index (Phi) is 5.67. The van der Waals surface area contributed by atoms with Gasteiger partial charge in [0.2, 0.25) is 0 Å². The number of hydrogen-bond donors (Lipinski definition) is 2. The van der Waals surface area contributed by atoms with Gasteiger partial charge in [0.1, 0.15) is 5.54 Å². The van der Waals surface area contributed by atoms with Crippen LogP contribution in [0.5, 0.6) is 0 Å². The molecule has 1 heterocycles. The number of esters is 1. The van der Waals surface area contributed by atoms with Crippen molar-refractivity contribution in [2.45, 2.75) is 51.5 Å². The van der Waals surface area contributed by atoms with Gasteiger partial charge >= 0.3 is 12.0 Å². The van der Waals surface area contributed by atoms with Crippen LogP contribution in [0.1, 0.15) is 55.5 Å². The highest BCUT2D eigenvalue weighted by atomic mass is 16.5. The molecule has 8 heteroatoms. The number of rotatable bonds is 5. The number of aryl methyl sites for hydroxylation is 1. The molecule has 1 saturated carbocycles. The minimum absolute atomic E-state index is 0.329. The highest BCUT2D eigenvalue weighted by Gasteiger charge is 2.52. The molecular weight excluding hydrogens is 362 g/mol. The van der Waals surface area contributed by atoms with Crippen LogP contribution in [0.15, 0.2) is 24.3 Å². The van der Waals surface area contributed by atoms with Gasteiger partial charge in [-0.25, -0.2) is 9.59 Å². The first-order chi connectivity index (χ1) is 13.3. The lowest BCUT2D eigenvalue weighted by Gasteiger charge is -2.33. The average Bonchev–Trinajstić information content (AvgIpc) is 2.92. The lowest BCUT2D eigenvalue weighted by Crippen LogP contribution is -2.52. The number of carbonyl (C=O) groups is 4. The number of carbonyl (C=O) groups excluding carboxylic acids is 4. The van der Waals surface area contributed by atoms with Crippen molar-refractivity contribution in [2.75, 3.05) is 6.61 Å². The van der Waals surface area contributed by atoms with Crippen LogP contribution in [0.4, 0.5) is 4.79 Å². The van der Waals surface area contributed by atoms with E-state index in [-0.39, 0.29) is 0 Å². The fourth-order valence-electron chi connectivity index (χ4n) is 3.56. The summed E-state index contributed by atoms with van der Waals surface area (Å²) in [6.45, 7) is 3.53. The number of hydrogen-bond acceptors (Lipinski definition) is 5. The maximum atomic E-state index is 12.7. The first-order valence-corrected chi connectivity index (χ1v) is 9.57. The molecule has 0 unspecified atom stereocenters. The summed E-state index contributed by atoms with van der Waals surface area (Å²) < 4.78 is 4.97. The Morgan fingerprint density at radius 3 is 2.46 bits per heavy atom. The summed E-state index contributed by atoms with van der Waals surface area (Å²) >= 11 is 0. The first-order valence-electron chi connectivity index (χ1n) is 9.57. The van der Waals surface area contributed by atoms with Crippen LogP contribution in [-0.2, 0) is 20.7 Å². The van der Waals surface area contributed by atoms with Crippen LogP contribution < -0.4 is 10.7 Å². The average molecular weight is 387 g/mol. The van der Waals surface area contributed by atoms with E-state index in [4.69, 9.17) is 4.74 Å². The summed E-state index contributed by atoms with van der Waals surface area (Å²) in [6.07, 6.45) is 3.62. The lowest BCUT2D eigenvalue weighted by atomic mass is 9.77. The molecule has 0 atom stereocenters. The van der Waals surface area contributed by atoms with Crippen molar-refractivity contribution in [1.82, 2.24) is 15.8 Å². The van der Waals surface area contributed by atoms with E-state index in [1.54, 1.807) is 12.1 Å². The van der Waals surface area contributed by atoms with Gasteiger partial charge in [-0.1, -0.05) is 26.0 Å². The zero-order valence-electron chi connectivity index (χ0n) is 16.1. The van der Waals surface area contributed by atoms with Gasteiger partial charge in [-0.15, -0.1) is 0 Å². The predicted molar refractivity (Wildman–Crippen MR) is 100.0 cm³/mol. The molecule has 0 aromatic heterocycles. The van der Waals surface area contributed by atoms with Crippen molar-refractivity contribution in [2.24, 2.45) is 5.92 Å². The maximum absolute atomic E-state index is 12.7. The second-order valence-corrected chi connectivity index (χ2v) is 7.50. The zero-order valence-corrected chi connectivity index (χ0v) is 16.1. The largest absolute Gasteiger partial charge is 0.452 e. The van der Waals surface area contributed by atoms with Gasteiger partial charge in [0.15, 0.2) is 6.61 Å². The molecule has 2 aliphatic rings. The van der Waals surface area contributed by atoms with E-state index in [0.29, 0.717) is 29.3 Å². The number of hydrazine groups is 1. The van der Waals surface area contributed by atoms with Crippen LogP contribution in [-0.4, -0.2) is 41.0 Å². The van der Waals surface area contributed by atoms with Crippen LogP contribution >= 0.6 is 0 Å². The van der Waals surface area contributed by atoms with E-state index < -0.39 is 36.0 Å². The van der Waals surface area contributed by atoms with Gasteiger partial charge in [0, 0.05) is 0 Å². The topological polar surface area (TPSA) is 105 Å². The number of nitrogens with one attached hydrogen (secondary N) is 2. The summed E-state index contributed by atoms with van der Waals surface area (Å²) in [5, 5.41) is 3.41. The van der Waals surface area contributed by atoms with E-state index >= 15 is 0 Å². The Bertz CT molecular complexity index is 782. The van der Waals surface area contributed by atoms with Crippen LogP contribution in [0.2, 0.25) is 0 Å². The second-order valence-electron chi connectivity index (χ2n) is 7.50. The standard InChI is InChI=1S/C20H25N3O5/c1-3-14-4-6-15(7-5-14)17(25)28-12-16(24)22-23-18(26)20(21-19(23)27)10-8-13(2)9-11-20/h4-7,13H,3,8-12H2,1-2H3,(H,21,27)(H,22,24). The molecule has 8 nitrogen and oxygen atoms in total. The predicted octanol–water partition coefficient (Wildman–Crippen LogP) is 1.94. The van der Waals surface area contributed by atoms with Gasteiger partial charge in [-0.05, 0) is 55.7 Å². The maximum Gasteiger partial charge on any atom is 0.344 e. The van der Waals surface area contributed by atoms with Crippen LogP contribution in [0, 0.1) is 5.92 Å². The summed E-state index contributed by atoms with van der Waals surface area (Å²) in [5.41, 5.74) is 2.72. The number of benzene rings is 1. The Morgan fingerprint density at radius 1 is 1.21 bits per heavy atom. The van der Waals surface area contributed by atoms with Gasteiger partial charge < -0.3 is 10.1 Å². The lowest BCUT2D eigenvalue weighted by molar-refractivity contribution is -0.141. The molecule has 0 radical (unpaired) electrons. The normalized spacial score (nSPS) is 24.2. The first kappa shape index (κ1) is 19.9. The minimum Gasteiger partial charge on any atom is -0.452 e. The van der Waals surface area contributed by atoms with Gasteiger partial charge in [-0.2, -0.15) is 5.01 Å². The van der Waals surface area contributed by atoms with Crippen molar-refractivity contribution in [3.05, 3.63) is 35.4 Å². The summed E-state index contributed by atoms with van der Waals surface area (Å²) in [6, 6.07) is 6.23. The minimum atomic E-state index is -0.936. The van der Waals surface area contributed by atoms with Crippen LogP contribution in [0.3, 0.4) is 0 Å². The fourth-order valence-corrected chi connectivity index (χ4v) is 3.56. The van der Waals surface area contributed by atoms with E-state index in [1.807, 2.05) is 19.1 Å². The molecule has 0 bridgehead atoms. The third kappa shape index (κ3) is 4.00. The molecule has 1 aliphatic carbocycles. The van der Waals surface area contributed by atoms with Crippen molar-refractivity contribution in [3.63, 3.8) is 0 Å². The molecule has 4 amide bonds. The molecule has 2 fully saturated rings. The number of nitrogens with zero attached hydrogens (tertiary/aromatic N) is 1. The van der Waals surface area contributed by atoms with E-state index in [1.165, 1.54) is 0 Å². The van der Waals surface area contributed by atoms with Gasteiger partial charge in [0.25, 0.3) is 11.8 Å². The summed E-state index contributed by atoms with van der Waals surface area (Å²) in [7, 11) is 0. The van der Waals surface area contributed by atoms with Crippen LogP contribution in [0.25, 0.3) is 0 Å².